The highest BCUT2D eigenvalue weighted by Crippen LogP contribution is 2.26. The van der Waals surface area contributed by atoms with Gasteiger partial charge in [-0.15, -0.1) is 11.3 Å². The van der Waals surface area contributed by atoms with Crippen LogP contribution in [0.4, 0.5) is 0 Å². The smallest absolute Gasteiger partial charge is 0.255 e. The van der Waals surface area contributed by atoms with E-state index in [0.717, 1.165) is 23.8 Å². The number of hydrogen-bond acceptors (Lipinski definition) is 6. The SMILES string of the molecule is CCOC(C)c1nc(CN(C)C(=O)C2(OC)CCNCC2)cs1. The predicted molar refractivity (Wildman–Crippen MR) is 90.5 cm³/mol. The first-order valence-corrected chi connectivity index (χ1v) is 8.97. The van der Waals surface area contributed by atoms with Crippen LogP contribution in [0.3, 0.4) is 0 Å². The number of nitrogens with one attached hydrogen (secondary N) is 1. The molecule has 0 spiro atoms. The van der Waals surface area contributed by atoms with Crippen molar-refractivity contribution in [1.29, 1.82) is 0 Å². The molecule has 0 saturated carbocycles. The van der Waals surface area contributed by atoms with Gasteiger partial charge in [0.05, 0.1) is 12.2 Å². The zero-order valence-corrected chi connectivity index (χ0v) is 15.2. The maximum Gasteiger partial charge on any atom is 0.255 e. The van der Waals surface area contributed by atoms with Gasteiger partial charge in [-0.1, -0.05) is 0 Å². The highest BCUT2D eigenvalue weighted by Gasteiger charge is 2.41. The Hall–Kier alpha value is -1.02. The van der Waals surface area contributed by atoms with E-state index in [1.807, 2.05) is 26.3 Å². The van der Waals surface area contributed by atoms with Gasteiger partial charge in [-0.3, -0.25) is 4.79 Å². The Bertz CT molecular complexity index is 514. The second-order valence-electron chi connectivity index (χ2n) is 5.88. The van der Waals surface area contributed by atoms with Crippen LogP contribution in [-0.2, 0) is 20.8 Å². The molecule has 2 rings (SSSR count). The van der Waals surface area contributed by atoms with Gasteiger partial charge in [-0.2, -0.15) is 0 Å². The predicted octanol–water partition coefficient (Wildman–Crippen LogP) is 1.97. The van der Waals surface area contributed by atoms with Crippen molar-refractivity contribution in [3.05, 3.63) is 16.1 Å². The fraction of sp³-hybridized carbons (Fsp3) is 0.750. The van der Waals surface area contributed by atoms with Crippen LogP contribution in [0.15, 0.2) is 5.38 Å². The van der Waals surface area contributed by atoms with Gasteiger partial charge in [0.15, 0.2) is 0 Å². The number of nitrogens with zero attached hydrogens (tertiary/aromatic N) is 2. The van der Waals surface area contributed by atoms with Gasteiger partial charge in [0, 0.05) is 26.1 Å². The summed E-state index contributed by atoms with van der Waals surface area (Å²) in [6.07, 6.45) is 1.40. The molecule has 1 aromatic rings. The minimum Gasteiger partial charge on any atom is -0.372 e. The van der Waals surface area contributed by atoms with Crippen molar-refractivity contribution in [3.63, 3.8) is 0 Å². The highest BCUT2D eigenvalue weighted by molar-refractivity contribution is 7.09. The van der Waals surface area contributed by atoms with Crippen LogP contribution in [0.1, 0.15) is 43.5 Å². The minimum atomic E-state index is -0.697. The molecule has 0 aromatic carbocycles. The molecule has 2 heterocycles. The molecule has 7 heteroatoms. The van der Waals surface area contributed by atoms with E-state index in [2.05, 4.69) is 10.3 Å². The summed E-state index contributed by atoms with van der Waals surface area (Å²) in [5.41, 5.74) is 0.199. The van der Waals surface area contributed by atoms with Crippen LogP contribution in [0, 0.1) is 0 Å². The largest absolute Gasteiger partial charge is 0.372 e. The average molecular weight is 341 g/mol. The number of thiazole rings is 1. The number of hydrogen-bond donors (Lipinski definition) is 1. The molecule has 1 amide bonds. The van der Waals surface area contributed by atoms with E-state index >= 15 is 0 Å². The summed E-state index contributed by atoms with van der Waals surface area (Å²) < 4.78 is 11.2. The van der Waals surface area contributed by atoms with Gasteiger partial charge in [-0.25, -0.2) is 4.98 Å². The molecular weight excluding hydrogens is 314 g/mol. The number of ether oxygens (including phenoxy) is 2. The van der Waals surface area contributed by atoms with Crippen LogP contribution in [0.5, 0.6) is 0 Å². The molecule has 1 aliphatic heterocycles. The van der Waals surface area contributed by atoms with Crippen LogP contribution in [-0.4, -0.2) is 55.2 Å². The first-order valence-electron chi connectivity index (χ1n) is 8.09. The van der Waals surface area contributed by atoms with E-state index in [1.54, 1.807) is 23.3 Å². The summed E-state index contributed by atoms with van der Waals surface area (Å²) in [6.45, 7) is 6.74. The van der Waals surface area contributed by atoms with E-state index in [0.29, 0.717) is 26.0 Å². The first kappa shape index (κ1) is 18.3. The molecule has 1 saturated heterocycles. The topological polar surface area (TPSA) is 63.7 Å². The van der Waals surface area contributed by atoms with E-state index in [4.69, 9.17) is 9.47 Å². The summed E-state index contributed by atoms with van der Waals surface area (Å²) in [6, 6.07) is 0. The second kappa shape index (κ2) is 8.19. The molecule has 1 aromatic heterocycles. The van der Waals surface area contributed by atoms with E-state index in [-0.39, 0.29) is 12.0 Å². The lowest BCUT2D eigenvalue weighted by atomic mass is 9.90. The lowest BCUT2D eigenvalue weighted by Gasteiger charge is -2.37. The number of carbonyl (C=O) groups is 1. The minimum absolute atomic E-state index is 0.00510. The first-order chi connectivity index (χ1) is 11.0. The van der Waals surface area contributed by atoms with E-state index < -0.39 is 5.60 Å². The maximum absolute atomic E-state index is 12.8. The molecule has 1 atom stereocenters. The normalized spacial score (nSPS) is 18.6. The van der Waals surface area contributed by atoms with E-state index in [1.165, 1.54) is 0 Å². The second-order valence-corrected chi connectivity index (χ2v) is 6.77. The molecule has 0 radical (unpaired) electrons. The number of likely N-dealkylation sites (N-methyl/N-ethyl adjacent to an activating group) is 1. The Labute approximate surface area is 142 Å². The van der Waals surface area contributed by atoms with Crippen LogP contribution in [0.2, 0.25) is 0 Å². The Morgan fingerprint density at radius 3 is 2.83 bits per heavy atom. The number of piperidine rings is 1. The van der Waals surface area contributed by atoms with Crippen molar-refractivity contribution < 1.29 is 14.3 Å². The molecule has 1 N–H and O–H groups in total. The summed E-state index contributed by atoms with van der Waals surface area (Å²) in [5, 5.41) is 6.22. The third-order valence-corrected chi connectivity index (χ3v) is 5.33. The lowest BCUT2D eigenvalue weighted by Crippen LogP contribution is -2.54. The standard InChI is InChI=1S/C16H27N3O3S/c1-5-22-12(2)14-18-13(11-23-14)10-19(3)15(20)16(21-4)6-8-17-9-7-16/h11-12,17H,5-10H2,1-4H3. The van der Waals surface area contributed by atoms with Crippen molar-refractivity contribution in [1.82, 2.24) is 15.2 Å². The molecule has 1 unspecified atom stereocenters. The molecule has 1 fully saturated rings. The molecule has 6 nitrogen and oxygen atoms in total. The monoisotopic (exact) mass is 341 g/mol. The van der Waals surface area contributed by atoms with Crippen molar-refractivity contribution in [2.45, 2.75) is 44.9 Å². The van der Waals surface area contributed by atoms with Gasteiger partial charge in [0.25, 0.3) is 5.91 Å². The van der Waals surface area contributed by atoms with Crippen LogP contribution >= 0.6 is 11.3 Å². The Morgan fingerprint density at radius 1 is 1.52 bits per heavy atom. The quantitative estimate of drug-likeness (QED) is 0.821. The number of amides is 1. The summed E-state index contributed by atoms with van der Waals surface area (Å²) >= 11 is 1.58. The molecule has 130 valence electrons. The van der Waals surface area contributed by atoms with Crippen molar-refractivity contribution >= 4 is 17.2 Å². The van der Waals surface area contributed by atoms with Gasteiger partial charge >= 0.3 is 0 Å². The van der Waals surface area contributed by atoms with Crippen molar-refractivity contribution in [2.24, 2.45) is 0 Å². The molecule has 0 bridgehead atoms. The summed E-state index contributed by atoms with van der Waals surface area (Å²) in [5.74, 6) is 0.0360. The number of aromatic nitrogens is 1. The zero-order chi connectivity index (χ0) is 16.9. The van der Waals surface area contributed by atoms with Crippen LogP contribution in [0.25, 0.3) is 0 Å². The number of carbonyl (C=O) groups excluding carboxylic acids is 1. The molecule has 0 aliphatic carbocycles. The third-order valence-electron chi connectivity index (χ3n) is 4.27. The average Bonchev–Trinajstić information content (AvgIpc) is 3.03. The molecule has 1 aliphatic rings. The maximum atomic E-state index is 12.8. The third kappa shape index (κ3) is 4.29. The fourth-order valence-corrected chi connectivity index (χ4v) is 3.72. The fourth-order valence-electron chi connectivity index (χ4n) is 2.90. The summed E-state index contributed by atoms with van der Waals surface area (Å²) in [7, 11) is 3.44. The number of methoxy groups -OCH3 is 1. The highest BCUT2D eigenvalue weighted by atomic mass is 32.1. The van der Waals surface area contributed by atoms with Crippen molar-refractivity contribution in [3.8, 4) is 0 Å². The Balaban J connectivity index is 2.00. The van der Waals surface area contributed by atoms with Gasteiger partial charge < -0.3 is 19.7 Å². The number of rotatable bonds is 7. The molecule has 23 heavy (non-hydrogen) atoms. The zero-order valence-electron chi connectivity index (χ0n) is 14.4. The Morgan fingerprint density at radius 2 is 2.22 bits per heavy atom. The van der Waals surface area contributed by atoms with Crippen molar-refractivity contribution in [2.75, 3.05) is 33.9 Å². The Kier molecular flexibility index (Phi) is 6.52. The van der Waals surface area contributed by atoms with Gasteiger partial charge in [0.2, 0.25) is 0 Å². The van der Waals surface area contributed by atoms with E-state index in [9.17, 15) is 4.79 Å². The molecular formula is C16H27N3O3S. The lowest BCUT2D eigenvalue weighted by molar-refractivity contribution is -0.157. The van der Waals surface area contributed by atoms with Gasteiger partial charge in [0.1, 0.15) is 16.7 Å². The van der Waals surface area contributed by atoms with Gasteiger partial charge in [-0.05, 0) is 39.8 Å². The van der Waals surface area contributed by atoms with Crippen LogP contribution < -0.4 is 5.32 Å². The summed E-state index contributed by atoms with van der Waals surface area (Å²) in [4.78, 5) is 19.1.